The average Bonchev–Trinajstić information content (AvgIpc) is 2.39. The van der Waals surface area contributed by atoms with Crippen molar-refractivity contribution in [1.82, 2.24) is 0 Å². The SMILES string of the molecule is Cc1cc(C)c(O)c(C=NNc2ccc(Cl)c(Cl)c2)c1. The molecule has 0 aliphatic carbocycles. The quantitative estimate of drug-likeness (QED) is 0.634. The Morgan fingerprint density at radius 1 is 1.10 bits per heavy atom. The van der Waals surface area contributed by atoms with E-state index in [0.717, 1.165) is 16.8 Å². The Hall–Kier alpha value is -1.71. The van der Waals surface area contributed by atoms with Crippen LogP contribution < -0.4 is 5.43 Å². The highest BCUT2D eigenvalue weighted by atomic mass is 35.5. The van der Waals surface area contributed by atoms with Crippen molar-refractivity contribution in [2.24, 2.45) is 5.10 Å². The average molecular weight is 309 g/mol. The van der Waals surface area contributed by atoms with Gasteiger partial charge >= 0.3 is 0 Å². The van der Waals surface area contributed by atoms with E-state index in [0.29, 0.717) is 15.6 Å². The maximum atomic E-state index is 9.94. The molecule has 0 amide bonds. The summed E-state index contributed by atoms with van der Waals surface area (Å²) in [6.45, 7) is 3.82. The fourth-order valence-electron chi connectivity index (χ4n) is 1.83. The number of hydrogen-bond donors (Lipinski definition) is 2. The van der Waals surface area contributed by atoms with E-state index in [2.05, 4.69) is 10.5 Å². The second kappa shape index (κ2) is 6.16. The third-order valence-corrected chi connectivity index (χ3v) is 3.53. The van der Waals surface area contributed by atoms with Crippen molar-refractivity contribution in [2.45, 2.75) is 13.8 Å². The number of hydrazone groups is 1. The lowest BCUT2D eigenvalue weighted by atomic mass is 10.1. The minimum absolute atomic E-state index is 0.232. The normalized spacial score (nSPS) is 11.0. The highest BCUT2D eigenvalue weighted by Crippen LogP contribution is 2.25. The fourth-order valence-corrected chi connectivity index (χ4v) is 2.13. The van der Waals surface area contributed by atoms with Crippen molar-refractivity contribution in [1.29, 1.82) is 0 Å². The summed E-state index contributed by atoms with van der Waals surface area (Å²) in [4.78, 5) is 0. The Bertz CT molecular complexity index is 669. The van der Waals surface area contributed by atoms with E-state index in [1.807, 2.05) is 26.0 Å². The monoisotopic (exact) mass is 308 g/mol. The zero-order valence-corrected chi connectivity index (χ0v) is 12.6. The molecule has 0 unspecified atom stereocenters. The van der Waals surface area contributed by atoms with Crippen molar-refractivity contribution >= 4 is 35.1 Å². The van der Waals surface area contributed by atoms with Crippen LogP contribution in [-0.4, -0.2) is 11.3 Å². The summed E-state index contributed by atoms with van der Waals surface area (Å²) in [5.74, 6) is 0.232. The number of aryl methyl sites for hydroxylation is 2. The molecule has 0 aliphatic heterocycles. The van der Waals surface area contributed by atoms with E-state index < -0.39 is 0 Å². The highest BCUT2D eigenvalue weighted by molar-refractivity contribution is 6.42. The second-order valence-corrected chi connectivity index (χ2v) is 5.33. The van der Waals surface area contributed by atoms with Crippen LogP contribution in [0.1, 0.15) is 16.7 Å². The number of rotatable bonds is 3. The summed E-state index contributed by atoms with van der Waals surface area (Å²) < 4.78 is 0. The van der Waals surface area contributed by atoms with Gasteiger partial charge in [0.15, 0.2) is 0 Å². The predicted molar refractivity (Wildman–Crippen MR) is 85.3 cm³/mol. The molecular weight excluding hydrogens is 295 g/mol. The summed E-state index contributed by atoms with van der Waals surface area (Å²) in [5.41, 5.74) is 6.11. The van der Waals surface area contributed by atoms with Crippen molar-refractivity contribution < 1.29 is 5.11 Å². The van der Waals surface area contributed by atoms with Gasteiger partial charge in [-0.2, -0.15) is 5.10 Å². The zero-order chi connectivity index (χ0) is 14.7. The maximum Gasteiger partial charge on any atom is 0.127 e. The van der Waals surface area contributed by atoms with Crippen LogP contribution in [0.15, 0.2) is 35.4 Å². The molecule has 3 nitrogen and oxygen atoms in total. The molecule has 2 aromatic rings. The molecule has 2 N–H and O–H groups in total. The van der Waals surface area contributed by atoms with Crippen LogP contribution in [0.25, 0.3) is 0 Å². The van der Waals surface area contributed by atoms with Gasteiger partial charge in [-0.1, -0.05) is 29.3 Å². The molecule has 5 heteroatoms. The highest BCUT2D eigenvalue weighted by Gasteiger charge is 2.03. The van der Waals surface area contributed by atoms with Gasteiger partial charge in [-0.05, 0) is 49.2 Å². The Labute approximate surface area is 127 Å². The van der Waals surface area contributed by atoms with E-state index in [1.54, 1.807) is 24.4 Å². The van der Waals surface area contributed by atoms with E-state index in [1.165, 1.54) is 0 Å². The molecule has 0 spiro atoms. The second-order valence-electron chi connectivity index (χ2n) is 4.52. The van der Waals surface area contributed by atoms with Crippen LogP contribution >= 0.6 is 23.2 Å². The molecule has 0 saturated heterocycles. The first-order valence-electron chi connectivity index (χ1n) is 6.01. The topological polar surface area (TPSA) is 44.6 Å². The smallest absolute Gasteiger partial charge is 0.127 e. The largest absolute Gasteiger partial charge is 0.507 e. The maximum absolute atomic E-state index is 9.94. The Kier molecular flexibility index (Phi) is 4.53. The van der Waals surface area contributed by atoms with Crippen LogP contribution in [0, 0.1) is 13.8 Å². The molecule has 0 heterocycles. The van der Waals surface area contributed by atoms with Crippen molar-refractivity contribution in [3.8, 4) is 5.75 Å². The molecular formula is C15H14Cl2N2O. The van der Waals surface area contributed by atoms with E-state index in [9.17, 15) is 5.11 Å². The molecule has 2 aromatic carbocycles. The van der Waals surface area contributed by atoms with Crippen LogP contribution in [0.5, 0.6) is 5.75 Å². The number of benzene rings is 2. The van der Waals surface area contributed by atoms with Crippen molar-refractivity contribution in [3.05, 3.63) is 57.1 Å². The van der Waals surface area contributed by atoms with Crippen LogP contribution in [-0.2, 0) is 0 Å². The number of phenolic OH excluding ortho intramolecular Hbond substituents is 1. The van der Waals surface area contributed by atoms with E-state index in [-0.39, 0.29) is 5.75 Å². The predicted octanol–water partition coefficient (Wildman–Crippen LogP) is 4.76. The number of aromatic hydroxyl groups is 1. The van der Waals surface area contributed by atoms with Gasteiger partial charge in [0.1, 0.15) is 5.75 Å². The molecule has 0 fully saturated rings. The molecule has 0 bridgehead atoms. The molecule has 0 atom stereocenters. The molecule has 0 radical (unpaired) electrons. The molecule has 0 saturated carbocycles. The standard InChI is InChI=1S/C15H14Cl2N2O/c1-9-5-10(2)15(20)11(6-9)8-18-19-12-3-4-13(16)14(17)7-12/h3-8,19-20H,1-2H3. The number of nitrogens with one attached hydrogen (secondary N) is 1. The number of halogens is 2. The van der Waals surface area contributed by atoms with Crippen LogP contribution in [0.4, 0.5) is 5.69 Å². The Balaban J connectivity index is 2.16. The summed E-state index contributed by atoms with van der Waals surface area (Å²) in [5, 5.41) is 15.0. The number of hydrogen-bond acceptors (Lipinski definition) is 3. The van der Waals surface area contributed by atoms with E-state index in [4.69, 9.17) is 23.2 Å². The summed E-state index contributed by atoms with van der Waals surface area (Å²) in [6, 6.07) is 8.92. The number of phenols is 1. The van der Waals surface area contributed by atoms with Crippen LogP contribution in [0.3, 0.4) is 0 Å². The van der Waals surface area contributed by atoms with Gasteiger partial charge < -0.3 is 5.11 Å². The van der Waals surface area contributed by atoms with Crippen molar-refractivity contribution in [2.75, 3.05) is 5.43 Å². The summed E-state index contributed by atoms with van der Waals surface area (Å²) in [6.07, 6.45) is 1.57. The third kappa shape index (κ3) is 3.44. The first-order chi connectivity index (χ1) is 9.47. The lowest BCUT2D eigenvalue weighted by Gasteiger charge is -2.05. The number of anilines is 1. The molecule has 20 heavy (non-hydrogen) atoms. The molecule has 0 aromatic heterocycles. The van der Waals surface area contributed by atoms with Crippen LogP contribution in [0.2, 0.25) is 10.0 Å². The lowest BCUT2D eigenvalue weighted by molar-refractivity contribution is 0.470. The van der Waals surface area contributed by atoms with Crippen molar-refractivity contribution in [3.63, 3.8) is 0 Å². The molecule has 0 aliphatic rings. The van der Waals surface area contributed by atoms with Gasteiger partial charge in [-0.25, -0.2) is 0 Å². The zero-order valence-electron chi connectivity index (χ0n) is 11.1. The third-order valence-electron chi connectivity index (χ3n) is 2.79. The molecule has 2 rings (SSSR count). The summed E-state index contributed by atoms with van der Waals surface area (Å²) in [7, 11) is 0. The van der Waals surface area contributed by atoms with Gasteiger partial charge in [0.05, 0.1) is 21.9 Å². The number of nitrogens with zero attached hydrogens (tertiary/aromatic N) is 1. The van der Waals surface area contributed by atoms with Gasteiger partial charge in [-0.3, -0.25) is 5.43 Å². The van der Waals surface area contributed by atoms with Gasteiger partial charge in [0, 0.05) is 5.56 Å². The minimum atomic E-state index is 0.232. The Morgan fingerprint density at radius 2 is 1.85 bits per heavy atom. The van der Waals surface area contributed by atoms with Gasteiger partial charge in [-0.15, -0.1) is 0 Å². The minimum Gasteiger partial charge on any atom is -0.507 e. The summed E-state index contributed by atoms with van der Waals surface area (Å²) >= 11 is 11.7. The first kappa shape index (κ1) is 14.7. The fraction of sp³-hybridized carbons (Fsp3) is 0.133. The van der Waals surface area contributed by atoms with Gasteiger partial charge in [0.25, 0.3) is 0 Å². The lowest BCUT2D eigenvalue weighted by Crippen LogP contribution is -1.93. The van der Waals surface area contributed by atoms with E-state index >= 15 is 0 Å². The van der Waals surface area contributed by atoms with Gasteiger partial charge in [0.2, 0.25) is 0 Å². The molecule has 104 valence electrons. The first-order valence-corrected chi connectivity index (χ1v) is 6.77. The Morgan fingerprint density at radius 3 is 2.55 bits per heavy atom.